The monoisotopic (exact) mass is 332 g/mol. The van der Waals surface area contributed by atoms with Gasteiger partial charge >= 0.3 is 0 Å². The fourth-order valence-corrected chi connectivity index (χ4v) is 2.73. The van der Waals surface area contributed by atoms with Crippen LogP contribution in [0.3, 0.4) is 0 Å². The number of nitrogens with zero attached hydrogens (tertiary/aromatic N) is 1. The smallest absolute Gasteiger partial charge is 0.275 e. The molecule has 0 fully saturated rings. The van der Waals surface area contributed by atoms with Crippen LogP contribution in [0.4, 0.5) is 5.69 Å². The average molecular weight is 333 g/mol. The van der Waals surface area contributed by atoms with Crippen molar-refractivity contribution in [2.24, 2.45) is 0 Å². The maximum atomic E-state index is 11.9. The molecule has 5 heteroatoms. The summed E-state index contributed by atoms with van der Waals surface area (Å²) in [6.45, 7) is 0. The Balaban J connectivity index is 1.89. The molecule has 0 atom stereocenters. The zero-order valence-electron chi connectivity index (χ0n) is 9.76. The second-order valence-corrected chi connectivity index (χ2v) is 5.67. The van der Waals surface area contributed by atoms with E-state index in [2.05, 4.69) is 26.2 Å². The number of hydrogen-bond acceptors (Lipinski definition) is 3. The SMILES string of the molecule is O=C(Nc1ccc2cc(Br)ccc2c1)c1cscn1. The predicted molar refractivity (Wildman–Crippen MR) is 81.7 cm³/mol. The molecule has 94 valence electrons. The van der Waals surface area contributed by atoms with Crippen LogP contribution in [0.25, 0.3) is 10.8 Å². The van der Waals surface area contributed by atoms with Crippen molar-refractivity contribution in [3.63, 3.8) is 0 Å². The molecule has 0 saturated heterocycles. The van der Waals surface area contributed by atoms with Crippen molar-refractivity contribution in [3.8, 4) is 0 Å². The topological polar surface area (TPSA) is 42.0 Å². The molecule has 0 saturated carbocycles. The van der Waals surface area contributed by atoms with Crippen LogP contribution in [0.15, 0.2) is 51.8 Å². The second kappa shape index (κ2) is 5.11. The number of rotatable bonds is 2. The molecule has 0 aliphatic heterocycles. The van der Waals surface area contributed by atoms with Crippen molar-refractivity contribution in [1.29, 1.82) is 0 Å². The molecule has 19 heavy (non-hydrogen) atoms. The van der Waals surface area contributed by atoms with E-state index in [4.69, 9.17) is 0 Å². The summed E-state index contributed by atoms with van der Waals surface area (Å²) in [6.07, 6.45) is 0. The van der Waals surface area contributed by atoms with Gasteiger partial charge in [0.2, 0.25) is 0 Å². The van der Waals surface area contributed by atoms with Gasteiger partial charge in [0.25, 0.3) is 5.91 Å². The van der Waals surface area contributed by atoms with Crippen molar-refractivity contribution in [2.75, 3.05) is 5.32 Å². The van der Waals surface area contributed by atoms with Crippen molar-refractivity contribution < 1.29 is 4.79 Å². The molecule has 3 aromatic rings. The Morgan fingerprint density at radius 2 is 1.95 bits per heavy atom. The molecule has 0 aliphatic carbocycles. The number of thiazole rings is 1. The molecule has 1 amide bonds. The summed E-state index contributed by atoms with van der Waals surface area (Å²) >= 11 is 4.85. The third-order valence-electron chi connectivity index (χ3n) is 2.73. The molecule has 3 nitrogen and oxygen atoms in total. The summed E-state index contributed by atoms with van der Waals surface area (Å²) in [5, 5.41) is 6.78. The number of benzene rings is 2. The Hall–Kier alpha value is -1.72. The molecular formula is C14H9BrN2OS. The van der Waals surface area contributed by atoms with Gasteiger partial charge in [0.1, 0.15) is 5.69 Å². The molecule has 1 N–H and O–H groups in total. The number of hydrogen-bond donors (Lipinski definition) is 1. The fraction of sp³-hybridized carbons (Fsp3) is 0. The molecular weight excluding hydrogens is 324 g/mol. The highest BCUT2D eigenvalue weighted by Crippen LogP contribution is 2.23. The maximum absolute atomic E-state index is 11.9. The van der Waals surface area contributed by atoms with Gasteiger partial charge in [-0.25, -0.2) is 4.98 Å². The largest absolute Gasteiger partial charge is 0.321 e. The predicted octanol–water partition coefficient (Wildman–Crippen LogP) is 4.31. The number of carbonyl (C=O) groups is 1. The molecule has 0 bridgehead atoms. The van der Waals surface area contributed by atoms with Crippen molar-refractivity contribution in [1.82, 2.24) is 4.98 Å². The first-order valence-electron chi connectivity index (χ1n) is 5.61. The summed E-state index contributed by atoms with van der Waals surface area (Å²) in [7, 11) is 0. The average Bonchev–Trinajstić information content (AvgIpc) is 2.93. The molecule has 0 radical (unpaired) electrons. The number of carbonyl (C=O) groups excluding carboxylic acids is 1. The molecule has 3 rings (SSSR count). The number of fused-ring (bicyclic) bond motifs is 1. The fourth-order valence-electron chi connectivity index (χ4n) is 1.81. The van der Waals surface area contributed by atoms with Crippen LogP contribution in [0.5, 0.6) is 0 Å². The van der Waals surface area contributed by atoms with E-state index in [1.807, 2.05) is 36.4 Å². The summed E-state index contributed by atoms with van der Waals surface area (Å²) in [5.41, 5.74) is 2.86. The van der Waals surface area contributed by atoms with E-state index in [1.165, 1.54) is 11.3 Å². The highest BCUT2D eigenvalue weighted by Gasteiger charge is 2.08. The van der Waals surface area contributed by atoms with Crippen LogP contribution >= 0.6 is 27.3 Å². The first-order valence-corrected chi connectivity index (χ1v) is 7.35. The summed E-state index contributed by atoms with van der Waals surface area (Å²) in [6, 6.07) is 11.9. The lowest BCUT2D eigenvalue weighted by Gasteiger charge is -2.05. The number of aromatic nitrogens is 1. The van der Waals surface area contributed by atoms with E-state index in [0.717, 1.165) is 20.9 Å². The summed E-state index contributed by atoms with van der Waals surface area (Å²) in [5.74, 6) is -0.183. The second-order valence-electron chi connectivity index (χ2n) is 4.03. The van der Waals surface area contributed by atoms with E-state index < -0.39 is 0 Å². The zero-order chi connectivity index (χ0) is 13.2. The summed E-state index contributed by atoms with van der Waals surface area (Å²) < 4.78 is 1.04. The normalized spacial score (nSPS) is 10.6. The Bertz CT molecular complexity index is 740. The first kappa shape index (κ1) is 12.3. The lowest BCUT2D eigenvalue weighted by molar-refractivity contribution is 0.102. The van der Waals surface area contributed by atoms with Crippen molar-refractivity contribution in [2.45, 2.75) is 0 Å². The minimum Gasteiger partial charge on any atom is -0.321 e. The lowest BCUT2D eigenvalue weighted by Crippen LogP contribution is -2.11. The van der Waals surface area contributed by atoms with Crippen LogP contribution in [0, 0.1) is 0 Å². The summed E-state index contributed by atoms with van der Waals surface area (Å²) in [4.78, 5) is 15.9. The Morgan fingerprint density at radius 3 is 2.74 bits per heavy atom. The van der Waals surface area contributed by atoms with Crippen molar-refractivity contribution in [3.05, 3.63) is 57.5 Å². The Morgan fingerprint density at radius 1 is 1.16 bits per heavy atom. The standard InChI is InChI=1S/C14H9BrN2OS/c15-11-3-1-10-6-12(4-2-9(10)5-11)17-14(18)13-7-19-8-16-13/h1-8H,(H,17,18). The highest BCUT2D eigenvalue weighted by atomic mass is 79.9. The van der Waals surface area contributed by atoms with E-state index in [-0.39, 0.29) is 5.91 Å². The molecule has 0 spiro atoms. The van der Waals surface area contributed by atoms with E-state index in [1.54, 1.807) is 10.9 Å². The number of amides is 1. The van der Waals surface area contributed by atoms with E-state index in [9.17, 15) is 4.79 Å². The van der Waals surface area contributed by atoms with Gasteiger partial charge in [0.05, 0.1) is 5.51 Å². The van der Waals surface area contributed by atoms with Gasteiger partial charge in [-0.15, -0.1) is 11.3 Å². The number of nitrogens with one attached hydrogen (secondary N) is 1. The first-order chi connectivity index (χ1) is 9.22. The molecule has 0 aliphatic rings. The van der Waals surface area contributed by atoms with Gasteiger partial charge in [-0.3, -0.25) is 4.79 Å². The molecule has 0 unspecified atom stereocenters. The van der Waals surface area contributed by atoms with Gasteiger partial charge < -0.3 is 5.32 Å². The maximum Gasteiger partial charge on any atom is 0.275 e. The minimum absolute atomic E-state index is 0.183. The van der Waals surface area contributed by atoms with Crippen LogP contribution in [0.2, 0.25) is 0 Å². The van der Waals surface area contributed by atoms with Crippen LogP contribution in [-0.4, -0.2) is 10.9 Å². The Labute approximate surface area is 122 Å². The number of halogens is 1. The van der Waals surface area contributed by atoms with E-state index in [0.29, 0.717) is 5.69 Å². The quantitative estimate of drug-likeness (QED) is 0.759. The van der Waals surface area contributed by atoms with Gasteiger partial charge in [0, 0.05) is 15.5 Å². The molecule has 2 aromatic carbocycles. The number of anilines is 1. The minimum atomic E-state index is -0.183. The molecule has 1 heterocycles. The third kappa shape index (κ3) is 2.67. The van der Waals surface area contributed by atoms with Crippen molar-refractivity contribution >= 4 is 49.6 Å². The zero-order valence-corrected chi connectivity index (χ0v) is 12.2. The molecule has 1 aromatic heterocycles. The van der Waals surface area contributed by atoms with Gasteiger partial charge in [-0.1, -0.05) is 28.1 Å². The third-order valence-corrected chi connectivity index (χ3v) is 3.80. The van der Waals surface area contributed by atoms with E-state index >= 15 is 0 Å². The van der Waals surface area contributed by atoms with Gasteiger partial charge in [-0.2, -0.15) is 0 Å². The van der Waals surface area contributed by atoms with Gasteiger partial charge in [-0.05, 0) is 35.0 Å². The highest BCUT2D eigenvalue weighted by molar-refractivity contribution is 9.10. The van der Waals surface area contributed by atoms with Gasteiger partial charge in [0.15, 0.2) is 0 Å². The Kier molecular flexibility index (Phi) is 3.31. The van der Waals surface area contributed by atoms with Crippen LogP contribution < -0.4 is 5.32 Å². The lowest BCUT2D eigenvalue weighted by atomic mass is 10.1. The van der Waals surface area contributed by atoms with Crippen LogP contribution in [-0.2, 0) is 0 Å². The van der Waals surface area contributed by atoms with Crippen LogP contribution in [0.1, 0.15) is 10.5 Å².